The summed E-state index contributed by atoms with van der Waals surface area (Å²) in [5, 5.41) is 0. The van der Waals surface area contributed by atoms with Crippen LogP contribution in [0.25, 0.3) is 0 Å². The average molecular weight is 156 g/mol. The maximum Gasteiger partial charge on any atom is 0.0301 e. The minimum Gasteiger partial charge on any atom is -0.326 e. The molecule has 0 aliphatic heterocycles. The van der Waals surface area contributed by atoms with E-state index in [0.717, 1.165) is 6.42 Å². The predicted molar refractivity (Wildman–Crippen MR) is 50.6 cm³/mol. The van der Waals surface area contributed by atoms with Crippen molar-refractivity contribution in [2.45, 2.75) is 31.8 Å². The van der Waals surface area contributed by atoms with Gasteiger partial charge in [-0.3, -0.25) is 0 Å². The van der Waals surface area contributed by atoms with Gasteiger partial charge in [-0.05, 0) is 34.4 Å². The van der Waals surface area contributed by atoms with Gasteiger partial charge in [0.1, 0.15) is 0 Å². The lowest BCUT2D eigenvalue weighted by atomic mass is 9.91. The summed E-state index contributed by atoms with van der Waals surface area (Å²) in [6.45, 7) is 7.96. The van der Waals surface area contributed by atoms with Crippen LogP contribution in [0.4, 0.5) is 0 Å². The summed E-state index contributed by atoms with van der Waals surface area (Å²) in [7, 11) is 4.09. The van der Waals surface area contributed by atoms with E-state index in [2.05, 4.69) is 25.3 Å². The van der Waals surface area contributed by atoms with Gasteiger partial charge in [-0.1, -0.05) is 6.08 Å². The molecule has 0 saturated heterocycles. The van der Waals surface area contributed by atoms with Crippen LogP contribution in [0.1, 0.15) is 20.3 Å². The van der Waals surface area contributed by atoms with E-state index in [-0.39, 0.29) is 11.6 Å². The standard InChI is InChI=1S/C9H20N2/c1-6-7-8(10)9(2,3)11(4)5/h6,8H,1,7,10H2,2-5H3. The Hall–Kier alpha value is -0.340. The number of hydrogen-bond donors (Lipinski definition) is 1. The molecule has 2 heteroatoms. The molecule has 0 rings (SSSR count). The minimum absolute atomic E-state index is 0.0498. The van der Waals surface area contributed by atoms with Crippen molar-refractivity contribution in [2.75, 3.05) is 14.1 Å². The van der Waals surface area contributed by atoms with Crippen LogP contribution in [0.3, 0.4) is 0 Å². The molecule has 0 bridgehead atoms. The van der Waals surface area contributed by atoms with Gasteiger partial charge in [0, 0.05) is 11.6 Å². The van der Waals surface area contributed by atoms with Crippen LogP contribution in [-0.4, -0.2) is 30.6 Å². The lowest BCUT2D eigenvalue weighted by Crippen LogP contribution is -2.52. The van der Waals surface area contributed by atoms with Gasteiger partial charge in [0.05, 0.1) is 0 Å². The Morgan fingerprint density at radius 2 is 2.00 bits per heavy atom. The van der Waals surface area contributed by atoms with Gasteiger partial charge in [0.25, 0.3) is 0 Å². The smallest absolute Gasteiger partial charge is 0.0301 e. The van der Waals surface area contributed by atoms with E-state index in [1.54, 1.807) is 0 Å². The van der Waals surface area contributed by atoms with Gasteiger partial charge in [-0.2, -0.15) is 0 Å². The number of nitrogens with zero attached hydrogens (tertiary/aromatic N) is 1. The van der Waals surface area contributed by atoms with E-state index in [0.29, 0.717) is 0 Å². The van der Waals surface area contributed by atoms with E-state index in [4.69, 9.17) is 5.73 Å². The number of rotatable bonds is 4. The third kappa shape index (κ3) is 2.64. The first-order valence-electron chi connectivity index (χ1n) is 3.96. The predicted octanol–water partition coefficient (Wildman–Crippen LogP) is 1.23. The van der Waals surface area contributed by atoms with Gasteiger partial charge in [-0.15, -0.1) is 6.58 Å². The van der Waals surface area contributed by atoms with Crippen molar-refractivity contribution in [2.24, 2.45) is 5.73 Å². The van der Waals surface area contributed by atoms with Crippen LogP contribution in [0.15, 0.2) is 12.7 Å². The highest BCUT2D eigenvalue weighted by molar-refractivity contribution is 4.92. The monoisotopic (exact) mass is 156 g/mol. The van der Waals surface area contributed by atoms with Crippen LogP contribution in [0, 0.1) is 0 Å². The zero-order chi connectivity index (χ0) is 9.07. The van der Waals surface area contributed by atoms with E-state index in [9.17, 15) is 0 Å². The highest BCUT2D eigenvalue weighted by atomic mass is 15.2. The molecular formula is C9H20N2. The summed E-state index contributed by atoms with van der Waals surface area (Å²) < 4.78 is 0. The molecule has 0 fully saturated rings. The summed E-state index contributed by atoms with van der Waals surface area (Å²) >= 11 is 0. The molecule has 0 aliphatic carbocycles. The first-order chi connectivity index (χ1) is 4.92. The topological polar surface area (TPSA) is 29.3 Å². The molecule has 66 valence electrons. The molecule has 1 atom stereocenters. The van der Waals surface area contributed by atoms with Crippen molar-refractivity contribution in [3.63, 3.8) is 0 Å². The van der Waals surface area contributed by atoms with Crippen LogP contribution >= 0.6 is 0 Å². The normalized spacial score (nSPS) is 15.1. The molecule has 0 aromatic carbocycles. The summed E-state index contributed by atoms with van der Waals surface area (Å²) in [4.78, 5) is 2.14. The molecule has 0 aromatic heterocycles. The first kappa shape index (κ1) is 10.7. The fourth-order valence-corrected chi connectivity index (χ4v) is 0.800. The molecule has 1 unspecified atom stereocenters. The lowest BCUT2D eigenvalue weighted by Gasteiger charge is -2.37. The van der Waals surface area contributed by atoms with E-state index < -0.39 is 0 Å². The highest BCUT2D eigenvalue weighted by Gasteiger charge is 2.27. The van der Waals surface area contributed by atoms with Gasteiger partial charge in [-0.25, -0.2) is 0 Å². The summed E-state index contributed by atoms with van der Waals surface area (Å²) in [6, 6.07) is 0.162. The van der Waals surface area contributed by atoms with Gasteiger partial charge >= 0.3 is 0 Å². The van der Waals surface area contributed by atoms with Crippen molar-refractivity contribution in [3.8, 4) is 0 Å². The molecule has 0 saturated carbocycles. The quantitative estimate of drug-likeness (QED) is 0.620. The Labute approximate surface area is 70.1 Å². The fraction of sp³-hybridized carbons (Fsp3) is 0.778. The van der Waals surface area contributed by atoms with Crippen molar-refractivity contribution in [1.29, 1.82) is 0 Å². The van der Waals surface area contributed by atoms with E-state index >= 15 is 0 Å². The molecule has 0 spiro atoms. The molecule has 2 N–H and O–H groups in total. The van der Waals surface area contributed by atoms with Crippen molar-refractivity contribution < 1.29 is 0 Å². The largest absolute Gasteiger partial charge is 0.326 e. The Balaban J connectivity index is 4.16. The lowest BCUT2D eigenvalue weighted by molar-refractivity contribution is 0.159. The zero-order valence-corrected chi connectivity index (χ0v) is 8.09. The first-order valence-corrected chi connectivity index (χ1v) is 3.96. The van der Waals surface area contributed by atoms with Gasteiger partial charge < -0.3 is 10.6 Å². The van der Waals surface area contributed by atoms with Crippen molar-refractivity contribution in [1.82, 2.24) is 4.90 Å². The molecule has 2 nitrogen and oxygen atoms in total. The molecule has 11 heavy (non-hydrogen) atoms. The summed E-state index contributed by atoms with van der Waals surface area (Å²) in [5.41, 5.74) is 6.00. The van der Waals surface area contributed by atoms with Crippen LogP contribution in [0.5, 0.6) is 0 Å². The maximum atomic E-state index is 5.95. The minimum atomic E-state index is 0.0498. The van der Waals surface area contributed by atoms with Crippen molar-refractivity contribution >= 4 is 0 Å². The number of hydrogen-bond acceptors (Lipinski definition) is 2. The van der Waals surface area contributed by atoms with Crippen LogP contribution in [0.2, 0.25) is 0 Å². The van der Waals surface area contributed by atoms with E-state index in [1.807, 2.05) is 20.2 Å². The summed E-state index contributed by atoms with van der Waals surface area (Å²) in [5.74, 6) is 0. The highest BCUT2D eigenvalue weighted by Crippen LogP contribution is 2.16. The van der Waals surface area contributed by atoms with Crippen molar-refractivity contribution in [3.05, 3.63) is 12.7 Å². The Morgan fingerprint density at radius 1 is 1.55 bits per heavy atom. The molecule has 0 radical (unpaired) electrons. The number of likely N-dealkylation sites (N-methyl/N-ethyl adjacent to an activating group) is 1. The second-order valence-corrected chi connectivity index (χ2v) is 3.68. The van der Waals surface area contributed by atoms with Gasteiger partial charge in [0.15, 0.2) is 0 Å². The van der Waals surface area contributed by atoms with E-state index in [1.165, 1.54) is 0 Å². The average Bonchev–Trinajstić information content (AvgIpc) is 1.88. The second-order valence-electron chi connectivity index (χ2n) is 3.68. The second kappa shape index (κ2) is 3.88. The third-order valence-corrected chi connectivity index (χ3v) is 2.48. The SMILES string of the molecule is C=CCC(N)C(C)(C)N(C)C. The van der Waals surface area contributed by atoms with Crippen LogP contribution < -0.4 is 5.73 Å². The summed E-state index contributed by atoms with van der Waals surface area (Å²) in [6.07, 6.45) is 2.74. The fourth-order valence-electron chi connectivity index (χ4n) is 0.800. The van der Waals surface area contributed by atoms with Crippen LogP contribution in [-0.2, 0) is 0 Å². The Morgan fingerprint density at radius 3 is 2.27 bits per heavy atom. The number of nitrogens with two attached hydrogens (primary N) is 1. The molecular weight excluding hydrogens is 136 g/mol. The zero-order valence-electron chi connectivity index (χ0n) is 8.09. The molecule has 0 aromatic rings. The molecule has 0 amide bonds. The third-order valence-electron chi connectivity index (χ3n) is 2.48. The Bertz CT molecular complexity index is 128. The molecule has 0 aliphatic rings. The molecule has 0 heterocycles. The maximum absolute atomic E-state index is 5.95. The van der Waals surface area contributed by atoms with Gasteiger partial charge in [0.2, 0.25) is 0 Å². The Kier molecular flexibility index (Phi) is 3.76.